The van der Waals surface area contributed by atoms with Crippen LogP contribution >= 0.6 is 0 Å². The van der Waals surface area contributed by atoms with Crippen molar-refractivity contribution >= 4 is 5.97 Å². The molecule has 0 radical (unpaired) electrons. The van der Waals surface area contributed by atoms with Gasteiger partial charge >= 0.3 is 5.97 Å². The number of aliphatic hydroxyl groups is 1. The third-order valence-electron chi connectivity index (χ3n) is 1.75. The quantitative estimate of drug-likeness (QED) is 0.296. The highest BCUT2D eigenvalue weighted by Crippen LogP contribution is 2.19. The molecule has 0 saturated carbocycles. The molecule has 1 rings (SSSR count). The van der Waals surface area contributed by atoms with Gasteiger partial charge in [0.2, 0.25) is 0 Å². The summed E-state index contributed by atoms with van der Waals surface area (Å²) in [4.78, 5) is 10.9. The second kappa shape index (κ2) is 3.58. The number of rotatable bonds is 3. The lowest BCUT2D eigenvalue weighted by Gasteiger charge is -2.02. The van der Waals surface area contributed by atoms with Gasteiger partial charge in [-0.1, -0.05) is 0 Å². The molecule has 4 heteroatoms. The highest BCUT2D eigenvalue weighted by atomic mass is 16.6. The first-order chi connectivity index (χ1) is 5.65. The van der Waals surface area contributed by atoms with E-state index in [-0.39, 0.29) is 17.4 Å². The number of hydrogen-bond acceptors (Lipinski definition) is 4. The van der Waals surface area contributed by atoms with Gasteiger partial charge in [0.15, 0.2) is 0 Å². The molecule has 4 nitrogen and oxygen atoms in total. The van der Waals surface area contributed by atoms with Crippen LogP contribution in [0.1, 0.15) is 13.3 Å². The van der Waals surface area contributed by atoms with Crippen molar-refractivity contribution in [1.29, 1.82) is 0 Å². The Morgan fingerprint density at radius 2 is 2.33 bits per heavy atom. The van der Waals surface area contributed by atoms with Crippen molar-refractivity contribution in [2.45, 2.75) is 19.4 Å². The molecular formula is C8H12O4. The van der Waals surface area contributed by atoms with Crippen molar-refractivity contribution in [3.05, 3.63) is 11.3 Å². The predicted molar refractivity (Wildman–Crippen MR) is 41.7 cm³/mol. The molecule has 1 fully saturated rings. The largest absolute Gasteiger partial charge is 0.512 e. The molecule has 12 heavy (non-hydrogen) atoms. The minimum absolute atomic E-state index is 0.0596. The predicted octanol–water partition coefficient (Wildman–Crippen LogP) is 0.780. The van der Waals surface area contributed by atoms with Gasteiger partial charge < -0.3 is 14.6 Å². The molecule has 0 aromatic carbocycles. The average Bonchev–Trinajstić information content (AvgIpc) is 2.85. The topological polar surface area (TPSA) is 59.1 Å². The summed E-state index contributed by atoms with van der Waals surface area (Å²) in [6.07, 6.45) is 0.491. The molecule has 1 N–H and O–H groups in total. The number of carbonyl (C=O) groups is 1. The molecule has 68 valence electrons. The van der Waals surface area contributed by atoms with Crippen molar-refractivity contribution < 1.29 is 19.4 Å². The Kier molecular flexibility index (Phi) is 2.70. The number of epoxide rings is 1. The Bertz CT molecular complexity index is 215. The zero-order valence-corrected chi connectivity index (χ0v) is 7.16. The standard InChI is InChI=1S/C8H12O4/c1-5(8(10)11-2)7(9)3-6-4-12-6/h6,9H,3-4H2,1-2H3. The van der Waals surface area contributed by atoms with Crippen LogP contribution in [0, 0.1) is 0 Å². The maximum absolute atomic E-state index is 10.9. The first-order valence-corrected chi connectivity index (χ1v) is 3.73. The van der Waals surface area contributed by atoms with E-state index in [2.05, 4.69) is 4.74 Å². The Balaban J connectivity index is 2.53. The first kappa shape index (κ1) is 9.06. The Labute approximate surface area is 70.8 Å². The monoisotopic (exact) mass is 172 g/mol. The van der Waals surface area contributed by atoms with E-state index in [4.69, 9.17) is 4.74 Å². The third-order valence-corrected chi connectivity index (χ3v) is 1.75. The minimum Gasteiger partial charge on any atom is -0.512 e. The van der Waals surface area contributed by atoms with Crippen molar-refractivity contribution in [1.82, 2.24) is 0 Å². The fourth-order valence-electron chi connectivity index (χ4n) is 0.826. The van der Waals surface area contributed by atoms with Crippen molar-refractivity contribution in [3.8, 4) is 0 Å². The lowest BCUT2D eigenvalue weighted by Crippen LogP contribution is -2.06. The molecular weight excluding hydrogens is 160 g/mol. The first-order valence-electron chi connectivity index (χ1n) is 3.73. The zero-order chi connectivity index (χ0) is 9.14. The minimum atomic E-state index is -0.492. The summed E-state index contributed by atoms with van der Waals surface area (Å²) in [7, 11) is 1.28. The van der Waals surface area contributed by atoms with Crippen molar-refractivity contribution in [2.75, 3.05) is 13.7 Å². The number of hydrogen-bond donors (Lipinski definition) is 1. The summed E-state index contributed by atoms with van der Waals surface area (Å²) in [5.41, 5.74) is 0.257. The van der Waals surface area contributed by atoms with E-state index in [0.29, 0.717) is 13.0 Å². The van der Waals surface area contributed by atoms with Gasteiger partial charge in [0, 0.05) is 6.42 Å². The summed E-state index contributed by atoms with van der Waals surface area (Å²) in [5, 5.41) is 9.33. The number of carbonyl (C=O) groups excluding carboxylic acids is 1. The van der Waals surface area contributed by atoms with E-state index in [1.807, 2.05) is 0 Å². The number of aliphatic hydroxyl groups excluding tert-OH is 1. The second-order valence-electron chi connectivity index (χ2n) is 2.72. The summed E-state index contributed by atoms with van der Waals surface area (Å²) < 4.78 is 9.33. The van der Waals surface area contributed by atoms with Crippen LogP contribution in [0.4, 0.5) is 0 Å². The van der Waals surface area contributed by atoms with Crippen LogP contribution < -0.4 is 0 Å². The van der Waals surface area contributed by atoms with Crippen LogP contribution in [0.25, 0.3) is 0 Å². The lowest BCUT2D eigenvalue weighted by atomic mass is 10.2. The molecule has 1 unspecified atom stereocenters. The Morgan fingerprint density at radius 3 is 2.75 bits per heavy atom. The molecule has 1 aliphatic heterocycles. The van der Waals surface area contributed by atoms with Gasteiger partial charge in [-0.2, -0.15) is 0 Å². The molecule has 0 bridgehead atoms. The highest BCUT2D eigenvalue weighted by molar-refractivity contribution is 5.88. The third kappa shape index (κ3) is 2.23. The fourth-order valence-corrected chi connectivity index (χ4v) is 0.826. The van der Waals surface area contributed by atoms with Crippen LogP contribution in [0.3, 0.4) is 0 Å². The number of esters is 1. The molecule has 1 heterocycles. The lowest BCUT2D eigenvalue weighted by molar-refractivity contribution is -0.136. The molecule has 1 aliphatic rings. The molecule has 0 amide bonds. The van der Waals surface area contributed by atoms with Gasteiger partial charge in [-0.3, -0.25) is 0 Å². The maximum Gasteiger partial charge on any atom is 0.336 e. The molecule has 0 aliphatic carbocycles. The Morgan fingerprint density at radius 1 is 1.75 bits per heavy atom. The smallest absolute Gasteiger partial charge is 0.336 e. The van der Waals surface area contributed by atoms with Gasteiger partial charge in [0.05, 0.1) is 25.4 Å². The van der Waals surface area contributed by atoms with E-state index >= 15 is 0 Å². The maximum atomic E-state index is 10.9. The molecule has 1 saturated heterocycles. The van der Waals surface area contributed by atoms with Gasteiger partial charge in [-0.15, -0.1) is 0 Å². The highest BCUT2D eigenvalue weighted by Gasteiger charge is 2.25. The van der Waals surface area contributed by atoms with E-state index in [1.54, 1.807) is 0 Å². The summed E-state index contributed by atoms with van der Waals surface area (Å²) in [6, 6.07) is 0. The second-order valence-corrected chi connectivity index (χ2v) is 2.72. The SMILES string of the molecule is COC(=O)C(C)=C(O)CC1CO1. The van der Waals surface area contributed by atoms with Gasteiger partial charge in [0.25, 0.3) is 0 Å². The fraction of sp³-hybridized carbons (Fsp3) is 0.625. The number of ether oxygens (including phenoxy) is 2. The normalized spacial score (nSPS) is 23.0. The van der Waals surface area contributed by atoms with Crippen molar-refractivity contribution in [3.63, 3.8) is 0 Å². The van der Waals surface area contributed by atoms with E-state index in [0.717, 1.165) is 0 Å². The summed E-state index contributed by atoms with van der Waals surface area (Å²) in [5.74, 6) is -0.433. The van der Waals surface area contributed by atoms with Gasteiger partial charge in [0.1, 0.15) is 5.76 Å². The molecule has 0 aromatic rings. The molecule has 1 atom stereocenters. The van der Waals surface area contributed by atoms with E-state index in [1.165, 1.54) is 14.0 Å². The Hall–Kier alpha value is -1.03. The molecule has 0 spiro atoms. The van der Waals surface area contributed by atoms with Crippen LogP contribution in [-0.4, -0.2) is 30.9 Å². The van der Waals surface area contributed by atoms with Crippen LogP contribution in [-0.2, 0) is 14.3 Å². The zero-order valence-electron chi connectivity index (χ0n) is 7.16. The van der Waals surface area contributed by atoms with Gasteiger partial charge in [-0.25, -0.2) is 4.79 Å². The van der Waals surface area contributed by atoms with Crippen LogP contribution in [0.5, 0.6) is 0 Å². The van der Waals surface area contributed by atoms with Crippen LogP contribution in [0.15, 0.2) is 11.3 Å². The van der Waals surface area contributed by atoms with E-state index < -0.39 is 5.97 Å². The summed E-state index contributed by atoms with van der Waals surface area (Å²) in [6.45, 7) is 2.20. The van der Waals surface area contributed by atoms with Crippen molar-refractivity contribution in [2.24, 2.45) is 0 Å². The van der Waals surface area contributed by atoms with E-state index in [9.17, 15) is 9.90 Å². The summed E-state index contributed by atoms with van der Waals surface area (Å²) >= 11 is 0. The number of methoxy groups -OCH3 is 1. The van der Waals surface area contributed by atoms with Gasteiger partial charge in [-0.05, 0) is 6.92 Å². The van der Waals surface area contributed by atoms with Crippen LogP contribution in [0.2, 0.25) is 0 Å². The molecule has 0 aromatic heterocycles. The average molecular weight is 172 g/mol.